The van der Waals surface area contributed by atoms with E-state index in [1.54, 1.807) is 13.0 Å². The second kappa shape index (κ2) is 12.6. The van der Waals surface area contributed by atoms with Gasteiger partial charge in [-0.1, -0.05) is 60.7 Å². The first-order valence-corrected chi connectivity index (χ1v) is 16.0. The molecule has 12 heteroatoms. The van der Waals surface area contributed by atoms with E-state index in [-0.39, 0.29) is 34.3 Å². The number of nitro groups is 1. The van der Waals surface area contributed by atoms with Crippen molar-refractivity contribution in [3.05, 3.63) is 142 Å². The van der Waals surface area contributed by atoms with E-state index in [9.17, 15) is 27.7 Å². The van der Waals surface area contributed by atoms with Gasteiger partial charge in [0.25, 0.3) is 21.6 Å². The van der Waals surface area contributed by atoms with Crippen molar-refractivity contribution in [3.63, 3.8) is 0 Å². The number of nitrogens with zero attached hydrogens (tertiary/aromatic N) is 3. The summed E-state index contributed by atoms with van der Waals surface area (Å²) >= 11 is 0. The van der Waals surface area contributed by atoms with Gasteiger partial charge in [0.2, 0.25) is 0 Å². The SMILES string of the molecule is C/C(=N\NC(=O)CN(c1ccccc1[N+](=O)[O-])S(=O)(=O)c1ccccc1)c1ccc2c(c1)[C@@H]1C=CC[C@@H]1[C@H](c1ccc(F)cc1)N2. The van der Waals surface area contributed by atoms with E-state index in [1.165, 1.54) is 60.7 Å². The zero-order chi connectivity index (χ0) is 32.4. The van der Waals surface area contributed by atoms with E-state index < -0.39 is 33.1 Å². The van der Waals surface area contributed by atoms with E-state index in [1.807, 2.05) is 30.3 Å². The minimum Gasteiger partial charge on any atom is -0.378 e. The van der Waals surface area contributed by atoms with Crippen LogP contribution in [-0.2, 0) is 14.8 Å². The van der Waals surface area contributed by atoms with Crippen molar-refractivity contribution in [3.8, 4) is 0 Å². The number of hydrogen-bond acceptors (Lipinski definition) is 7. The Morgan fingerprint density at radius 3 is 2.50 bits per heavy atom. The number of carbonyl (C=O) groups is 1. The number of sulfonamides is 1. The number of para-hydroxylation sites is 2. The molecule has 0 fully saturated rings. The quantitative estimate of drug-likeness (QED) is 0.0956. The fraction of sp³-hybridized carbons (Fsp3) is 0.176. The largest absolute Gasteiger partial charge is 0.378 e. The minimum absolute atomic E-state index is 0.0172. The lowest BCUT2D eigenvalue weighted by molar-refractivity contribution is -0.384. The van der Waals surface area contributed by atoms with Crippen molar-refractivity contribution in [1.29, 1.82) is 0 Å². The van der Waals surface area contributed by atoms with Gasteiger partial charge in [-0.05, 0) is 78.4 Å². The number of amides is 1. The van der Waals surface area contributed by atoms with Crippen LogP contribution in [0.4, 0.5) is 21.5 Å². The minimum atomic E-state index is -4.35. The van der Waals surface area contributed by atoms with Crippen molar-refractivity contribution in [2.24, 2.45) is 11.0 Å². The number of nitrogens with one attached hydrogen (secondary N) is 2. The normalized spacial score (nSPS) is 18.7. The molecule has 1 aliphatic carbocycles. The lowest BCUT2D eigenvalue weighted by atomic mass is 9.76. The van der Waals surface area contributed by atoms with Crippen LogP contribution in [0.5, 0.6) is 0 Å². The van der Waals surface area contributed by atoms with Crippen molar-refractivity contribution >= 4 is 38.7 Å². The van der Waals surface area contributed by atoms with Gasteiger partial charge >= 0.3 is 0 Å². The first-order valence-electron chi connectivity index (χ1n) is 14.6. The second-order valence-electron chi connectivity index (χ2n) is 11.1. The summed E-state index contributed by atoms with van der Waals surface area (Å²) in [6.07, 6.45) is 5.21. The van der Waals surface area contributed by atoms with Crippen LogP contribution in [0.25, 0.3) is 0 Å². The van der Waals surface area contributed by atoms with Crippen molar-refractivity contribution in [1.82, 2.24) is 5.43 Å². The number of anilines is 2. The Balaban J connectivity index is 1.24. The van der Waals surface area contributed by atoms with Crippen molar-refractivity contribution in [2.45, 2.75) is 30.2 Å². The monoisotopic (exact) mass is 639 g/mol. The zero-order valence-corrected chi connectivity index (χ0v) is 25.5. The highest BCUT2D eigenvalue weighted by atomic mass is 32.2. The number of halogens is 1. The topological polar surface area (TPSA) is 134 Å². The highest BCUT2D eigenvalue weighted by Crippen LogP contribution is 2.50. The van der Waals surface area contributed by atoms with E-state index >= 15 is 0 Å². The molecule has 10 nitrogen and oxygen atoms in total. The van der Waals surface area contributed by atoms with Crippen LogP contribution in [0.3, 0.4) is 0 Å². The van der Waals surface area contributed by atoms with E-state index in [2.05, 4.69) is 28.0 Å². The smallest absolute Gasteiger partial charge is 0.293 e. The number of hydrazone groups is 1. The summed E-state index contributed by atoms with van der Waals surface area (Å²) in [5.74, 6) is -0.686. The summed E-state index contributed by atoms with van der Waals surface area (Å²) in [4.78, 5) is 24.1. The molecule has 4 aromatic rings. The Labute approximate surface area is 265 Å². The summed E-state index contributed by atoms with van der Waals surface area (Å²) in [6.45, 7) is 0.981. The fourth-order valence-corrected chi connectivity index (χ4v) is 7.50. The van der Waals surface area contributed by atoms with Gasteiger partial charge in [0.05, 0.1) is 21.6 Å². The van der Waals surface area contributed by atoms with Crippen molar-refractivity contribution < 1.29 is 22.5 Å². The molecule has 0 bridgehead atoms. The Kier molecular flexibility index (Phi) is 8.37. The molecule has 0 aromatic heterocycles. The first-order chi connectivity index (χ1) is 22.1. The van der Waals surface area contributed by atoms with Gasteiger partial charge in [0.1, 0.15) is 18.0 Å². The number of benzene rings is 4. The molecule has 4 aromatic carbocycles. The predicted molar refractivity (Wildman–Crippen MR) is 174 cm³/mol. The average molecular weight is 640 g/mol. The molecule has 2 N–H and O–H groups in total. The molecule has 1 heterocycles. The predicted octanol–water partition coefficient (Wildman–Crippen LogP) is 6.30. The fourth-order valence-electron chi connectivity index (χ4n) is 6.04. The Morgan fingerprint density at radius 2 is 1.76 bits per heavy atom. The summed E-state index contributed by atoms with van der Waals surface area (Å²) in [6, 6.07) is 25.2. The van der Waals surface area contributed by atoms with Crippen molar-refractivity contribution in [2.75, 3.05) is 16.2 Å². The van der Waals surface area contributed by atoms with Crippen LogP contribution < -0.4 is 15.0 Å². The van der Waals surface area contributed by atoms with Gasteiger partial charge in [-0.2, -0.15) is 5.10 Å². The van der Waals surface area contributed by atoms with Gasteiger partial charge in [-0.3, -0.25) is 14.9 Å². The molecule has 2 aliphatic rings. The van der Waals surface area contributed by atoms with Crippen LogP contribution in [0.2, 0.25) is 0 Å². The van der Waals surface area contributed by atoms with Crippen LogP contribution in [0.1, 0.15) is 42.0 Å². The number of nitro benzene ring substituents is 1. The maximum atomic E-state index is 13.6. The van der Waals surface area contributed by atoms with Crippen LogP contribution in [0, 0.1) is 21.8 Å². The number of rotatable bonds is 9. The summed E-state index contributed by atoms with van der Waals surface area (Å²) < 4.78 is 41.5. The third-order valence-electron chi connectivity index (χ3n) is 8.32. The van der Waals surface area contributed by atoms with Crippen LogP contribution in [0.15, 0.2) is 119 Å². The van der Waals surface area contributed by atoms with Gasteiger partial charge in [-0.25, -0.2) is 22.5 Å². The molecule has 1 aliphatic heterocycles. The van der Waals surface area contributed by atoms with Gasteiger partial charge in [0.15, 0.2) is 0 Å². The molecule has 234 valence electrons. The third-order valence-corrected chi connectivity index (χ3v) is 10.1. The summed E-state index contributed by atoms with van der Waals surface area (Å²) in [7, 11) is -4.35. The standard InChI is InChI=1S/C34H30FN5O5S/c1-22(24-16-19-30-29(20-24)27-10-7-11-28(27)34(36-30)23-14-17-25(35)18-15-23)37-38-33(41)21-39(31-12-5-6-13-32(31)40(42)43)46(44,45)26-8-3-2-4-9-26/h2-10,12-20,27-28,34,36H,11,21H2,1H3,(H,38,41)/b37-22+/t27-,28+,34+/m1/s1. The molecular weight excluding hydrogens is 609 g/mol. The molecule has 0 saturated carbocycles. The van der Waals surface area contributed by atoms with Crippen LogP contribution in [-0.4, -0.2) is 31.5 Å². The summed E-state index contributed by atoms with van der Waals surface area (Å²) in [5.41, 5.74) is 6.01. The van der Waals surface area contributed by atoms with Gasteiger partial charge < -0.3 is 5.32 Å². The molecule has 0 spiro atoms. The molecule has 0 saturated heterocycles. The lowest BCUT2D eigenvalue weighted by Crippen LogP contribution is -2.40. The molecule has 3 atom stereocenters. The maximum absolute atomic E-state index is 13.6. The Bertz CT molecular complexity index is 1970. The Morgan fingerprint density at radius 1 is 1.04 bits per heavy atom. The maximum Gasteiger partial charge on any atom is 0.293 e. The molecule has 0 unspecified atom stereocenters. The highest BCUT2D eigenvalue weighted by Gasteiger charge is 2.38. The van der Waals surface area contributed by atoms with E-state index in [0.717, 1.165) is 33.1 Å². The number of hydrogen-bond donors (Lipinski definition) is 2. The zero-order valence-electron chi connectivity index (χ0n) is 24.7. The highest BCUT2D eigenvalue weighted by molar-refractivity contribution is 7.92. The first kappa shape index (κ1) is 30.7. The molecule has 0 radical (unpaired) electrons. The number of allylic oxidation sites excluding steroid dienone is 2. The lowest BCUT2D eigenvalue weighted by Gasteiger charge is -2.37. The molecule has 46 heavy (non-hydrogen) atoms. The van der Waals surface area contributed by atoms with Gasteiger partial charge in [-0.15, -0.1) is 0 Å². The van der Waals surface area contributed by atoms with E-state index in [4.69, 9.17) is 0 Å². The van der Waals surface area contributed by atoms with E-state index in [0.29, 0.717) is 5.71 Å². The third kappa shape index (κ3) is 5.98. The molecule has 1 amide bonds. The summed E-state index contributed by atoms with van der Waals surface area (Å²) in [5, 5.41) is 19.6. The van der Waals surface area contributed by atoms with Crippen LogP contribution >= 0.6 is 0 Å². The molecule has 6 rings (SSSR count). The average Bonchev–Trinajstić information content (AvgIpc) is 3.57. The molecular formula is C34H30FN5O5S. The number of fused-ring (bicyclic) bond motifs is 3. The second-order valence-corrected chi connectivity index (χ2v) is 13.0. The van der Waals surface area contributed by atoms with Gasteiger partial charge in [0, 0.05) is 17.7 Å². The number of carbonyl (C=O) groups excluding carboxylic acids is 1. The Hall–Kier alpha value is -5.36.